The molecule has 114 valence electrons. The number of halogens is 1. The Morgan fingerprint density at radius 2 is 1.85 bits per heavy atom. The van der Waals surface area contributed by atoms with Gasteiger partial charge in [-0.1, -0.05) is 19.8 Å². The van der Waals surface area contributed by atoms with Crippen molar-refractivity contribution in [1.29, 1.82) is 0 Å². The van der Waals surface area contributed by atoms with Crippen LogP contribution in [0.25, 0.3) is 0 Å². The molecule has 1 atom stereocenters. The molecule has 0 aliphatic heterocycles. The molecule has 0 fully saturated rings. The fraction of sp³-hybridized carbons (Fsp3) is 0.647. The van der Waals surface area contributed by atoms with E-state index in [1.807, 2.05) is 6.07 Å². The van der Waals surface area contributed by atoms with Gasteiger partial charge in [0.1, 0.15) is 5.82 Å². The van der Waals surface area contributed by atoms with Crippen molar-refractivity contribution in [3.63, 3.8) is 0 Å². The number of unbranched alkanes of at least 4 members (excludes halogenated alkanes) is 2. The predicted molar refractivity (Wildman–Crippen MR) is 83.8 cm³/mol. The van der Waals surface area contributed by atoms with Crippen LogP contribution in [-0.2, 0) is 0 Å². The highest BCUT2D eigenvalue weighted by molar-refractivity contribution is 5.57. The average Bonchev–Trinajstić information content (AvgIpc) is 2.37. The molecule has 0 radical (unpaired) electrons. The lowest BCUT2D eigenvalue weighted by Crippen LogP contribution is -2.33. The van der Waals surface area contributed by atoms with E-state index in [-0.39, 0.29) is 5.82 Å². The molecular formula is C17H28FNO. The minimum Gasteiger partial charge on any atom is -0.389 e. The lowest BCUT2D eigenvalue weighted by Gasteiger charge is -2.32. The van der Waals surface area contributed by atoms with Gasteiger partial charge in [0.25, 0.3) is 0 Å². The van der Waals surface area contributed by atoms with Gasteiger partial charge in [0.2, 0.25) is 0 Å². The maximum atomic E-state index is 13.8. The second-order valence-corrected chi connectivity index (χ2v) is 5.83. The Kier molecular flexibility index (Phi) is 6.47. The molecule has 0 amide bonds. The number of aliphatic hydroxyl groups is 1. The second kappa shape index (κ2) is 7.63. The van der Waals surface area contributed by atoms with E-state index in [0.29, 0.717) is 17.2 Å². The summed E-state index contributed by atoms with van der Waals surface area (Å²) >= 11 is 0. The van der Waals surface area contributed by atoms with Gasteiger partial charge < -0.3 is 10.0 Å². The summed E-state index contributed by atoms with van der Waals surface area (Å²) in [6.07, 6.45) is 2.82. The van der Waals surface area contributed by atoms with Crippen molar-refractivity contribution >= 4 is 5.69 Å². The van der Waals surface area contributed by atoms with Crippen molar-refractivity contribution in [2.45, 2.75) is 66.0 Å². The Morgan fingerprint density at radius 3 is 2.35 bits per heavy atom. The zero-order valence-electron chi connectivity index (χ0n) is 13.4. The zero-order valence-corrected chi connectivity index (χ0v) is 13.4. The molecule has 0 aliphatic rings. The highest BCUT2D eigenvalue weighted by Gasteiger charge is 2.18. The van der Waals surface area contributed by atoms with Gasteiger partial charge >= 0.3 is 0 Å². The summed E-state index contributed by atoms with van der Waals surface area (Å²) in [5.74, 6) is -0.248. The van der Waals surface area contributed by atoms with Crippen LogP contribution < -0.4 is 4.90 Å². The number of aryl methyl sites for hydroxylation is 1. The third kappa shape index (κ3) is 4.20. The summed E-state index contributed by atoms with van der Waals surface area (Å²) in [7, 11) is 0. The van der Waals surface area contributed by atoms with Crippen LogP contribution in [0.1, 0.15) is 64.2 Å². The molecule has 1 unspecified atom stereocenters. The molecule has 0 aliphatic carbocycles. The van der Waals surface area contributed by atoms with Gasteiger partial charge in [-0.2, -0.15) is 0 Å². The van der Waals surface area contributed by atoms with Crippen LogP contribution in [0.15, 0.2) is 12.1 Å². The van der Waals surface area contributed by atoms with Crippen molar-refractivity contribution in [2.75, 3.05) is 11.4 Å². The Bertz CT molecular complexity index is 429. The Balaban J connectivity index is 3.14. The van der Waals surface area contributed by atoms with Crippen molar-refractivity contribution < 1.29 is 9.50 Å². The van der Waals surface area contributed by atoms with Crippen LogP contribution in [-0.4, -0.2) is 17.7 Å². The van der Waals surface area contributed by atoms with Gasteiger partial charge in [-0.25, -0.2) is 4.39 Å². The van der Waals surface area contributed by atoms with Gasteiger partial charge in [0.05, 0.1) is 6.10 Å². The van der Waals surface area contributed by atoms with E-state index >= 15 is 0 Å². The van der Waals surface area contributed by atoms with E-state index in [2.05, 4.69) is 25.7 Å². The Morgan fingerprint density at radius 1 is 1.20 bits per heavy atom. The third-order valence-electron chi connectivity index (χ3n) is 3.69. The molecule has 0 bridgehead atoms. The number of nitrogens with zero attached hydrogens (tertiary/aromatic N) is 1. The summed E-state index contributed by atoms with van der Waals surface area (Å²) in [6, 6.07) is 3.67. The van der Waals surface area contributed by atoms with Gasteiger partial charge in [0, 0.05) is 23.8 Å². The minimum atomic E-state index is -0.660. The van der Waals surface area contributed by atoms with Crippen LogP contribution in [0.5, 0.6) is 0 Å². The molecule has 1 rings (SSSR count). The first-order chi connectivity index (χ1) is 9.38. The second-order valence-electron chi connectivity index (χ2n) is 5.83. The molecule has 1 aromatic rings. The molecule has 2 nitrogen and oxygen atoms in total. The van der Waals surface area contributed by atoms with E-state index in [1.54, 1.807) is 13.8 Å². The maximum absolute atomic E-state index is 13.8. The number of hydrogen-bond acceptors (Lipinski definition) is 2. The van der Waals surface area contributed by atoms with Crippen molar-refractivity contribution in [3.05, 3.63) is 29.1 Å². The number of hydrogen-bond donors (Lipinski definition) is 1. The largest absolute Gasteiger partial charge is 0.389 e. The number of benzene rings is 1. The lowest BCUT2D eigenvalue weighted by molar-refractivity contribution is 0.199. The highest BCUT2D eigenvalue weighted by Crippen LogP contribution is 2.31. The van der Waals surface area contributed by atoms with Crippen molar-refractivity contribution in [1.82, 2.24) is 0 Å². The van der Waals surface area contributed by atoms with Crippen LogP contribution in [0.4, 0.5) is 10.1 Å². The minimum absolute atomic E-state index is 0.248. The number of anilines is 1. The van der Waals surface area contributed by atoms with Crippen LogP contribution >= 0.6 is 0 Å². The molecule has 0 heterocycles. The number of aliphatic hydroxyl groups excluding tert-OH is 1. The average molecular weight is 281 g/mol. The first kappa shape index (κ1) is 17.0. The normalized spacial score (nSPS) is 12.8. The molecule has 20 heavy (non-hydrogen) atoms. The highest BCUT2D eigenvalue weighted by atomic mass is 19.1. The summed E-state index contributed by atoms with van der Waals surface area (Å²) in [4.78, 5) is 2.27. The summed E-state index contributed by atoms with van der Waals surface area (Å²) in [5, 5.41) is 9.93. The SMILES string of the molecule is CCCCCN(c1cc(C)c(F)cc1C(C)O)C(C)C. The first-order valence-corrected chi connectivity index (χ1v) is 7.63. The fourth-order valence-corrected chi connectivity index (χ4v) is 2.45. The van der Waals surface area contributed by atoms with E-state index in [9.17, 15) is 9.50 Å². The maximum Gasteiger partial charge on any atom is 0.126 e. The van der Waals surface area contributed by atoms with Crippen molar-refractivity contribution in [2.24, 2.45) is 0 Å². The van der Waals surface area contributed by atoms with Crippen LogP contribution in [0, 0.1) is 12.7 Å². The first-order valence-electron chi connectivity index (χ1n) is 7.63. The van der Waals surface area contributed by atoms with E-state index in [1.165, 1.54) is 18.9 Å². The lowest BCUT2D eigenvalue weighted by atomic mass is 10.0. The molecule has 0 saturated heterocycles. The molecule has 3 heteroatoms. The summed E-state index contributed by atoms with van der Waals surface area (Å²) < 4.78 is 13.8. The molecule has 1 N–H and O–H groups in total. The van der Waals surface area contributed by atoms with Gasteiger partial charge in [-0.3, -0.25) is 0 Å². The Labute approximate surface area is 122 Å². The quantitative estimate of drug-likeness (QED) is 0.739. The molecular weight excluding hydrogens is 253 g/mol. The monoisotopic (exact) mass is 281 g/mol. The van der Waals surface area contributed by atoms with Crippen LogP contribution in [0.3, 0.4) is 0 Å². The van der Waals surface area contributed by atoms with E-state index in [4.69, 9.17) is 0 Å². The van der Waals surface area contributed by atoms with Gasteiger partial charge in [-0.05, 0) is 51.8 Å². The van der Waals surface area contributed by atoms with E-state index in [0.717, 1.165) is 18.7 Å². The van der Waals surface area contributed by atoms with Crippen molar-refractivity contribution in [3.8, 4) is 0 Å². The summed E-state index contributed by atoms with van der Waals surface area (Å²) in [5.41, 5.74) is 2.27. The smallest absolute Gasteiger partial charge is 0.126 e. The van der Waals surface area contributed by atoms with Gasteiger partial charge in [-0.15, -0.1) is 0 Å². The third-order valence-corrected chi connectivity index (χ3v) is 3.69. The summed E-state index contributed by atoms with van der Waals surface area (Å²) in [6.45, 7) is 10.9. The molecule has 0 spiro atoms. The van der Waals surface area contributed by atoms with Gasteiger partial charge in [0.15, 0.2) is 0 Å². The zero-order chi connectivity index (χ0) is 15.3. The molecule has 0 saturated carbocycles. The number of rotatable bonds is 7. The van der Waals surface area contributed by atoms with Crippen LogP contribution in [0.2, 0.25) is 0 Å². The standard InChI is InChI=1S/C17H28FNO/c1-6-7-8-9-19(12(2)3)17-10-13(4)16(18)11-15(17)14(5)20/h10-12,14,20H,6-9H2,1-5H3. The topological polar surface area (TPSA) is 23.5 Å². The van der Waals surface area contributed by atoms with E-state index < -0.39 is 6.10 Å². The predicted octanol–water partition coefficient (Wildman–Crippen LogP) is 4.59. The molecule has 0 aromatic heterocycles. The molecule has 1 aromatic carbocycles. The Hall–Kier alpha value is -1.09. The fourth-order valence-electron chi connectivity index (χ4n) is 2.45.